The van der Waals surface area contributed by atoms with Crippen LogP contribution in [0.3, 0.4) is 0 Å². The molecule has 0 aromatic carbocycles. The third kappa shape index (κ3) is 5.17. The van der Waals surface area contributed by atoms with Gasteiger partial charge in [-0.3, -0.25) is 4.79 Å². The van der Waals surface area contributed by atoms with E-state index in [0.29, 0.717) is 6.42 Å². The smallest absolute Gasteiger partial charge is 0.311 e. The van der Waals surface area contributed by atoms with E-state index in [4.69, 9.17) is 9.47 Å². The molecule has 0 amide bonds. The van der Waals surface area contributed by atoms with Gasteiger partial charge in [0.25, 0.3) is 0 Å². The maximum atomic E-state index is 11.5. The minimum Gasteiger partial charge on any atom is -0.469 e. The van der Waals surface area contributed by atoms with Crippen LogP contribution in [0.15, 0.2) is 0 Å². The Morgan fingerprint density at radius 2 is 1.67 bits per heavy atom. The topological polar surface area (TPSA) is 35.5 Å². The lowest BCUT2D eigenvalue weighted by Crippen LogP contribution is -2.38. The summed E-state index contributed by atoms with van der Waals surface area (Å²) in [6, 6.07) is 0. The molecular formula is C12H24O3. The molecular weight excluding hydrogens is 192 g/mol. The van der Waals surface area contributed by atoms with Gasteiger partial charge in [0, 0.05) is 0 Å². The van der Waals surface area contributed by atoms with E-state index in [9.17, 15) is 4.79 Å². The first-order chi connectivity index (χ1) is 6.60. The number of ether oxygens (including phenoxy) is 2. The molecule has 15 heavy (non-hydrogen) atoms. The van der Waals surface area contributed by atoms with Crippen LogP contribution in [0.1, 0.15) is 48.0 Å². The maximum Gasteiger partial charge on any atom is 0.311 e. The summed E-state index contributed by atoms with van der Waals surface area (Å²) in [4.78, 5) is 11.5. The van der Waals surface area contributed by atoms with Crippen LogP contribution >= 0.6 is 0 Å². The molecule has 0 rings (SSSR count). The van der Waals surface area contributed by atoms with Gasteiger partial charge in [-0.15, -0.1) is 0 Å². The van der Waals surface area contributed by atoms with E-state index < -0.39 is 5.41 Å². The molecule has 0 radical (unpaired) electrons. The van der Waals surface area contributed by atoms with Crippen molar-refractivity contribution in [2.45, 2.75) is 59.7 Å². The summed E-state index contributed by atoms with van der Waals surface area (Å²) in [6.07, 6.45) is 0.804. The Kier molecular flexibility index (Phi) is 4.78. The second-order valence-corrected chi connectivity index (χ2v) is 5.48. The van der Waals surface area contributed by atoms with Crippen molar-refractivity contribution in [3.8, 4) is 0 Å². The average Bonchev–Trinajstić information content (AvgIpc) is 1.97. The lowest BCUT2D eigenvalue weighted by molar-refractivity contribution is -0.157. The molecule has 0 N–H and O–H groups in total. The monoisotopic (exact) mass is 216 g/mol. The van der Waals surface area contributed by atoms with E-state index in [1.54, 1.807) is 0 Å². The van der Waals surface area contributed by atoms with Gasteiger partial charge in [0.15, 0.2) is 0 Å². The summed E-state index contributed by atoms with van der Waals surface area (Å²) in [6.45, 7) is 11.7. The largest absolute Gasteiger partial charge is 0.469 e. The van der Waals surface area contributed by atoms with Crippen LogP contribution in [0, 0.1) is 5.41 Å². The number of carbonyl (C=O) groups excluding carboxylic acids is 1. The minimum absolute atomic E-state index is 0.161. The lowest BCUT2D eigenvalue weighted by atomic mass is 9.81. The fraction of sp³-hybridized carbons (Fsp3) is 0.917. The number of rotatable bonds is 5. The fourth-order valence-corrected chi connectivity index (χ4v) is 2.09. The van der Waals surface area contributed by atoms with Gasteiger partial charge in [-0.2, -0.15) is 0 Å². The van der Waals surface area contributed by atoms with Gasteiger partial charge in [0.05, 0.1) is 24.2 Å². The van der Waals surface area contributed by atoms with Crippen molar-refractivity contribution in [2.75, 3.05) is 7.11 Å². The summed E-state index contributed by atoms with van der Waals surface area (Å²) < 4.78 is 10.5. The Labute approximate surface area is 93.1 Å². The quantitative estimate of drug-likeness (QED) is 0.663. The van der Waals surface area contributed by atoms with Crippen molar-refractivity contribution in [2.24, 2.45) is 5.41 Å². The number of methoxy groups -OCH3 is 1. The molecule has 0 saturated heterocycles. The second kappa shape index (κ2) is 4.97. The second-order valence-electron chi connectivity index (χ2n) is 5.48. The Hall–Kier alpha value is -0.570. The predicted octanol–water partition coefficient (Wildman–Crippen LogP) is 2.78. The zero-order chi connectivity index (χ0) is 12.3. The normalized spacial score (nSPS) is 13.1. The van der Waals surface area contributed by atoms with Crippen molar-refractivity contribution in [1.82, 2.24) is 0 Å². The van der Waals surface area contributed by atoms with Gasteiger partial charge in [0.2, 0.25) is 0 Å². The third-order valence-electron chi connectivity index (χ3n) is 2.16. The number of esters is 1. The van der Waals surface area contributed by atoms with Crippen molar-refractivity contribution < 1.29 is 14.3 Å². The molecule has 3 nitrogen and oxygen atoms in total. The Morgan fingerprint density at radius 1 is 1.20 bits per heavy atom. The summed E-state index contributed by atoms with van der Waals surface area (Å²) in [5.41, 5.74) is -0.820. The molecule has 0 unspecified atom stereocenters. The van der Waals surface area contributed by atoms with Gasteiger partial charge in [-0.1, -0.05) is 0 Å². The molecule has 0 aromatic heterocycles. The molecule has 0 aromatic rings. The van der Waals surface area contributed by atoms with E-state index in [1.807, 2.05) is 41.5 Å². The van der Waals surface area contributed by atoms with Gasteiger partial charge in [-0.05, 0) is 48.0 Å². The van der Waals surface area contributed by atoms with Crippen LogP contribution in [0.25, 0.3) is 0 Å². The number of hydrogen-bond donors (Lipinski definition) is 0. The van der Waals surface area contributed by atoms with E-state index >= 15 is 0 Å². The maximum absolute atomic E-state index is 11.5. The van der Waals surface area contributed by atoms with Crippen LogP contribution in [0.5, 0.6) is 0 Å². The van der Waals surface area contributed by atoms with Gasteiger partial charge in [0.1, 0.15) is 0 Å². The molecule has 0 aliphatic rings. The van der Waals surface area contributed by atoms with Crippen molar-refractivity contribution >= 4 is 5.97 Å². The van der Waals surface area contributed by atoms with Crippen molar-refractivity contribution in [3.05, 3.63) is 0 Å². The van der Waals surface area contributed by atoms with Crippen LogP contribution in [0.2, 0.25) is 0 Å². The summed E-state index contributed by atoms with van der Waals surface area (Å²) in [5, 5.41) is 0. The average molecular weight is 216 g/mol. The predicted molar refractivity (Wildman–Crippen MR) is 60.7 cm³/mol. The third-order valence-corrected chi connectivity index (χ3v) is 2.16. The van der Waals surface area contributed by atoms with Gasteiger partial charge < -0.3 is 9.47 Å². The molecule has 0 spiro atoms. The molecule has 0 atom stereocenters. The number of carbonyl (C=O) groups is 1. The van der Waals surface area contributed by atoms with Crippen molar-refractivity contribution in [3.63, 3.8) is 0 Å². The summed E-state index contributed by atoms with van der Waals surface area (Å²) >= 11 is 0. The molecule has 0 aliphatic heterocycles. The van der Waals surface area contributed by atoms with E-state index in [2.05, 4.69) is 0 Å². The highest BCUT2D eigenvalue weighted by Gasteiger charge is 2.36. The highest BCUT2D eigenvalue weighted by Crippen LogP contribution is 2.31. The zero-order valence-corrected chi connectivity index (χ0v) is 11.0. The highest BCUT2D eigenvalue weighted by atomic mass is 16.5. The summed E-state index contributed by atoms with van der Waals surface area (Å²) in [5.74, 6) is -0.192. The first-order valence-corrected chi connectivity index (χ1v) is 5.37. The molecule has 0 saturated carbocycles. The van der Waals surface area contributed by atoms with Crippen LogP contribution in [0.4, 0.5) is 0 Å². The van der Waals surface area contributed by atoms with E-state index in [-0.39, 0.29) is 17.7 Å². The summed E-state index contributed by atoms with van der Waals surface area (Å²) in [7, 11) is 1.42. The first kappa shape index (κ1) is 14.4. The van der Waals surface area contributed by atoms with Crippen LogP contribution in [-0.4, -0.2) is 24.8 Å². The zero-order valence-electron chi connectivity index (χ0n) is 11.0. The minimum atomic E-state index is -0.507. The molecule has 90 valence electrons. The van der Waals surface area contributed by atoms with E-state index in [0.717, 1.165) is 0 Å². The molecule has 0 bridgehead atoms. The molecule has 3 heteroatoms. The molecule has 0 heterocycles. The first-order valence-electron chi connectivity index (χ1n) is 5.37. The van der Waals surface area contributed by atoms with E-state index in [1.165, 1.54) is 7.11 Å². The standard InChI is InChI=1S/C12H24O3/c1-9(2)15-12(5,6)8-11(3,4)10(13)14-7/h9H,8H2,1-7H3. The van der Waals surface area contributed by atoms with Crippen molar-refractivity contribution in [1.29, 1.82) is 0 Å². The highest BCUT2D eigenvalue weighted by molar-refractivity contribution is 5.75. The lowest BCUT2D eigenvalue weighted by Gasteiger charge is -2.34. The van der Waals surface area contributed by atoms with Gasteiger partial charge >= 0.3 is 5.97 Å². The Morgan fingerprint density at radius 3 is 2.00 bits per heavy atom. The molecule has 0 fully saturated rings. The van der Waals surface area contributed by atoms with Crippen LogP contribution < -0.4 is 0 Å². The fourth-order valence-electron chi connectivity index (χ4n) is 2.09. The van der Waals surface area contributed by atoms with Gasteiger partial charge in [-0.25, -0.2) is 0 Å². The Bertz CT molecular complexity index is 217. The molecule has 0 aliphatic carbocycles. The number of hydrogen-bond acceptors (Lipinski definition) is 3. The SMILES string of the molecule is COC(=O)C(C)(C)CC(C)(C)OC(C)C. The Balaban J connectivity index is 4.49. The van der Waals surface area contributed by atoms with Crippen LogP contribution in [-0.2, 0) is 14.3 Å².